The summed E-state index contributed by atoms with van der Waals surface area (Å²) >= 11 is 0. The molecule has 2 aromatic carbocycles. The largest absolute Gasteiger partial charge is 0.493 e. The molecule has 0 unspecified atom stereocenters. The summed E-state index contributed by atoms with van der Waals surface area (Å²) in [4.78, 5) is 4.28. The Bertz CT molecular complexity index is 702. The highest BCUT2D eigenvalue weighted by Crippen LogP contribution is 2.17. The molecule has 0 bridgehead atoms. The molecule has 146 valence electrons. The van der Waals surface area contributed by atoms with E-state index in [0.29, 0.717) is 32.3 Å². The topological polar surface area (TPSA) is 64.1 Å². The van der Waals surface area contributed by atoms with Gasteiger partial charge in [-0.1, -0.05) is 30.3 Å². The van der Waals surface area contributed by atoms with E-state index in [2.05, 4.69) is 39.9 Å². The highest BCUT2D eigenvalue weighted by Gasteiger charge is 2.02. The molecular weight excluding hydrogens is 342 g/mol. The van der Waals surface area contributed by atoms with E-state index in [-0.39, 0.29) is 0 Å². The van der Waals surface area contributed by atoms with Gasteiger partial charge in [0.1, 0.15) is 5.75 Å². The summed E-state index contributed by atoms with van der Waals surface area (Å²) in [5.74, 6) is 1.52. The van der Waals surface area contributed by atoms with Gasteiger partial charge in [0.15, 0.2) is 5.96 Å². The number of nitrogens with zero attached hydrogens (tertiary/aromatic N) is 1. The Hall–Kier alpha value is -2.57. The summed E-state index contributed by atoms with van der Waals surface area (Å²) in [7, 11) is 5.14. The first kappa shape index (κ1) is 20.7. The predicted octanol–water partition coefficient (Wildman–Crippen LogP) is 3.44. The zero-order chi connectivity index (χ0) is 19.3. The maximum Gasteiger partial charge on any atom is 0.195 e. The van der Waals surface area contributed by atoms with Crippen LogP contribution in [-0.4, -0.2) is 40.4 Å². The standard InChI is InChI=1S/C21H29N3O3/c1-22-21(23-15-17-8-10-18(11-9-17)16-26-3)24-19-6-4-7-20(14-19)27-13-5-12-25-2/h4,6-11,14H,5,12-13,15-16H2,1-3H3,(H2,22,23,24). The van der Waals surface area contributed by atoms with Crippen LogP contribution in [0.5, 0.6) is 5.75 Å². The lowest BCUT2D eigenvalue weighted by atomic mass is 10.1. The summed E-state index contributed by atoms with van der Waals surface area (Å²) < 4.78 is 15.9. The van der Waals surface area contributed by atoms with E-state index < -0.39 is 0 Å². The first-order valence-corrected chi connectivity index (χ1v) is 9.01. The molecule has 0 aliphatic rings. The average molecular weight is 371 g/mol. The number of benzene rings is 2. The number of anilines is 1. The summed E-state index contributed by atoms with van der Waals surface area (Å²) in [6, 6.07) is 16.1. The van der Waals surface area contributed by atoms with Crippen LogP contribution >= 0.6 is 0 Å². The number of rotatable bonds is 10. The van der Waals surface area contributed by atoms with Gasteiger partial charge in [0.05, 0.1) is 13.2 Å². The second-order valence-corrected chi connectivity index (χ2v) is 6.02. The molecule has 0 spiro atoms. The van der Waals surface area contributed by atoms with Gasteiger partial charge in [-0.3, -0.25) is 4.99 Å². The van der Waals surface area contributed by atoms with E-state index in [0.717, 1.165) is 23.4 Å². The molecule has 6 heteroatoms. The molecule has 2 rings (SSSR count). The minimum Gasteiger partial charge on any atom is -0.493 e. The van der Waals surface area contributed by atoms with Crippen molar-refractivity contribution in [3.8, 4) is 5.75 Å². The van der Waals surface area contributed by atoms with Crippen LogP contribution < -0.4 is 15.4 Å². The number of aliphatic imine (C=N–C) groups is 1. The third-order valence-electron chi connectivity index (χ3n) is 3.88. The minimum absolute atomic E-state index is 0.626. The predicted molar refractivity (Wildman–Crippen MR) is 109 cm³/mol. The fourth-order valence-electron chi connectivity index (χ4n) is 2.48. The molecule has 6 nitrogen and oxygen atoms in total. The molecule has 2 N–H and O–H groups in total. The Balaban J connectivity index is 1.85. The average Bonchev–Trinajstić information content (AvgIpc) is 2.70. The number of nitrogens with one attached hydrogen (secondary N) is 2. The summed E-state index contributed by atoms with van der Waals surface area (Å²) in [5, 5.41) is 6.60. The van der Waals surface area contributed by atoms with Crippen LogP contribution in [0.3, 0.4) is 0 Å². The molecule has 0 saturated heterocycles. The van der Waals surface area contributed by atoms with E-state index in [4.69, 9.17) is 14.2 Å². The summed E-state index contributed by atoms with van der Waals surface area (Å²) in [6.07, 6.45) is 0.862. The third-order valence-corrected chi connectivity index (χ3v) is 3.88. The van der Waals surface area contributed by atoms with Gasteiger partial charge in [-0.15, -0.1) is 0 Å². The van der Waals surface area contributed by atoms with Crippen molar-refractivity contribution in [3.63, 3.8) is 0 Å². The lowest BCUT2D eigenvalue weighted by molar-refractivity contribution is 0.172. The van der Waals surface area contributed by atoms with Gasteiger partial charge in [0.25, 0.3) is 0 Å². The Morgan fingerprint density at radius 1 is 0.963 bits per heavy atom. The number of ether oxygens (including phenoxy) is 3. The van der Waals surface area contributed by atoms with E-state index >= 15 is 0 Å². The quantitative estimate of drug-likeness (QED) is 0.381. The Labute approximate surface area is 161 Å². The molecular formula is C21H29N3O3. The van der Waals surface area contributed by atoms with Crippen molar-refractivity contribution in [2.45, 2.75) is 19.6 Å². The van der Waals surface area contributed by atoms with E-state index in [1.165, 1.54) is 5.56 Å². The van der Waals surface area contributed by atoms with Crippen LogP contribution in [0.25, 0.3) is 0 Å². The zero-order valence-corrected chi connectivity index (χ0v) is 16.3. The van der Waals surface area contributed by atoms with Crippen molar-refractivity contribution in [1.29, 1.82) is 0 Å². The van der Waals surface area contributed by atoms with Crippen molar-refractivity contribution in [2.24, 2.45) is 4.99 Å². The maximum absolute atomic E-state index is 5.73. The van der Waals surface area contributed by atoms with E-state index in [1.807, 2.05) is 24.3 Å². The lowest BCUT2D eigenvalue weighted by Crippen LogP contribution is -2.30. The van der Waals surface area contributed by atoms with Crippen molar-refractivity contribution in [1.82, 2.24) is 5.32 Å². The SMILES string of the molecule is CN=C(NCc1ccc(COC)cc1)Nc1cccc(OCCCOC)c1. The number of hydrogen-bond acceptors (Lipinski definition) is 4. The van der Waals surface area contributed by atoms with Crippen molar-refractivity contribution in [3.05, 3.63) is 59.7 Å². The van der Waals surface area contributed by atoms with E-state index in [9.17, 15) is 0 Å². The first-order chi connectivity index (χ1) is 13.2. The van der Waals surface area contributed by atoms with Gasteiger partial charge in [-0.25, -0.2) is 0 Å². The Morgan fingerprint density at radius 3 is 2.44 bits per heavy atom. The fourth-order valence-corrected chi connectivity index (χ4v) is 2.48. The molecule has 2 aromatic rings. The van der Waals surface area contributed by atoms with Crippen LogP contribution in [0.1, 0.15) is 17.5 Å². The molecule has 0 aliphatic carbocycles. The van der Waals surface area contributed by atoms with Gasteiger partial charge in [-0.2, -0.15) is 0 Å². The van der Waals surface area contributed by atoms with Crippen LogP contribution in [-0.2, 0) is 22.6 Å². The second kappa shape index (κ2) is 11.9. The molecule has 0 atom stereocenters. The molecule has 27 heavy (non-hydrogen) atoms. The van der Waals surface area contributed by atoms with E-state index in [1.54, 1.807) is 21.3 Å². The van der Waals surface area contributed by atoms with Crippen molar-refractivity contribution >= 4 is 11.6 Å². The summed E-state index contributed by atoms with van der Waals surface area (Å²) in [5.41, 5.74) is 3.25. The molecule has 0 aliphatic heterocycles. The summed E-state index contributed by atoms with van der Waals surface area (Å²) in [6.45, 7) is 2.63. The van der Waals surface area contributed by atoms with Crippen LogP contribution in [0.15, 0.2) is 53.5 Å². The Morgan fingerprint density at radius 2 is 1.74 bits per heavy atom. The number of hydrogen-bond donors (Lipinski definition) is 2. The molecule has 0 heterocycles. The highest BCUT2D eigenvalue weighted by atomic mass is 16.5. The molecule has 0 saturated carbocycles. The minimum atomic E-state index is 0.626. The second-order valence-electron chi connectivity index (χ2n) is 6.02. The highest BCUT2D eigenvalue weighted by molar-refractivity contribution is 5.93. The third kappa shape index (κ3) is 7.68. The van der Waals surface area contributed by atoms with Gasteiger partial charge in [0, 0.05) is 52.6 Å². The lowest BCUT2D eigenvalue weighted by Gasteiger charge is -2.13. The molecule has 0 aromatic heterocycles. The smallest absolute Gasteiger partial charge is 0.195 e. The monoisotopic (exact) mass is 371 g/mol. The normalized spacial score (nSPS) is 11.3. The molecule has 0 radical (unpaired) electrons. The van der Waals surface area contributed by atoms with Crippen molar-refractivity contribution in [2.75, 3.05) is 39.8 Å². The van der Waals surface area contributed by atoms with Crippen LogP contribution in [0.2, 0.25) is 0 Å². The zero-order valence-electron chi connectivity index (χ0n) is 16.3. The number of methoxy groups -OCH3 is 2. The molecule has 0 fully saturated rings. The van der Waals surface area contributed by atoms with Gasteiger partial charge in [-0.05, 0) is 23.3 Å². The van der Waals surface area contributed by atoms with Gasteiger partial charge < -0.3 is 24.8 Å². The fraction of sp³-hybridized carbons (Fsp3) is 0.381. The first-order valence-electron chi connectivity index (χ1n) is 9.01. The Kier molecular flexibility index (Phi) is 9.17. The van der Waals surface area contributed by atoms with Crippen LogP contribution in [0.4, 0.5) is 5.69 Å². The maximum atomic E-state index is 5.73. The van der Waals surface area contributed by atoms with Crippen LogP contribution in [0, 0.1) is 0 Å². The van der Waals surface area contributed by atoms with Gasteiger partial charge >= 0.3 is 0 Å². The van der Waals surface area contributed by atoms with Gasteiger partial charge in [0.2, 0.25) is 0 Å². The number of guanidine groups is 1. The molecule has 0 amide bonds. The van der Waals surface area contributed by atoms with Crippen molar-refractivity contribution < 1.29 is 14.2 Å².